The lowest BCUT2D eigenvalue weighted by molar-refractivity contribution is 0.832. The lowest BCUT2D eigenvalue weighted by atomic mass is 10.3. The van der Waals surface area contributed by atoms with Crippen molar-refractivity contribution in [1.29, 1.82) is 0 Å². The van der Waals surface area contributed by atoms with Gasteiger partial charge in [-0.25, -0.2) is 9.67 Å². The summed E-state index contributed by atoms with van der Waals surface area (Å²) in [4.78, 5) is 4.01. The Hall–Kier alpha value is -0.770. The lowest BCUT2D eigenvalue weighted by Crippen LogP contribution is -2.01. The van der Waals surface area contributed by atoms with Gasteiger partial charge in [0.15, 0.2) is 0 Å². The van der Waals surface area contributed by atoms with E-state index in [9.17, 15) is 0 Å². The lowest BCUT2D eigenvalue weighted by Gasteiger charge is -2.04. The summed E-state index contributed by atoms with van der Waals surface area (Å²) in [5, 5.41) is 5.03. The van der Waals surface area contributed by atoms with Crippen molar-refractivity contribution in [1.82, 2.24) is 14.8 Å². The first-order valence-electron chi connectivity index (χ1n) is 4.12. The van der Waals surface area contributed by atoms with E-state index in [1.54, 1.807) is 22.9 Å². The molecule has 0 fully saturated rings. The molecule has 0 aliphatic carbocycles. The van der Waals surface area contributed by atoms with Crippen molar-refractivity contribution in [3.63, 3.8) is 0 Å². The number of hydrogen-bond acceptors (Lipinski definition) is 2. The summed E-state index contributed by atoms with van der Waals surface area (Å²) in [7, 11) is 0. The van der Waals surface area contributed by atoms with Gasteiger partial charge in [-0.1, -0.05) is 23.2 Å². The van der Waals surface area contributed by atoms with Crippen LogP contribution in [0.1, 0.15) is 5.82 Å². The molecule has 0 spiro atoms. The molecule has 0 atom stereocenters. The number of halogens is 3. The molecule has 1 aromatic carbocycles. The number of benzene rings is 1. The second-order valence-corrected chi connectivity index (χ2v) is 3.90. The average Bonchev–Trinajstić information content (AvgIpc) is 2.70. The van der Waals surface area contributed by atoms with Gasteiger partial charge >= 0.3 is 0 Å². The minimum absolute atomic E-state index is 0.292. The van der Waals surface area contributed by atoms with Gasteiger partial charge in [0.2, 0.25) is 0 Å². The summed E-state index contributed by atoms with van der Waals surface area (Å²) < 4.78 is 1.62. The van der Waals surface area contributed by atoms with Crippen LogP contribution in [0.15, 0.2) is 24.5 Å². The first kappa shape index (κ1) is 10.7. The Morgan fingerprint density at radius 2 is 2.00 bits per heavy atom. The Balaban J connectivity index is 2.50. The number of hydrogen-bond donors (Lipinski definition) is 0. The summed E-state index contributed by atoms with van der Waals surface area (Å²) in [5.74, 6) is 0.954. The molecule has 0 N–H and O–H groups in total. The fourth-order valence-corrected chi connectivity index (χ4v) is 1.66. The number of rotatable bonds is 2. The van der Waals surface area contributed by atoms with Crippen LogP contribution in [-0.2, 0) is 5.88 Å². The monoisotopic (exact) mass is 261 g/mol. The molecule has 0 amide bonds. The molecular weight excluding hydrogens is 256 g/mol. The highest BCUT2D eigenvalue weighted by atomic mass is 35.5. The quantitative estimate of drug-likeness (QED) is 0.777. The van der Waals surface area contributed by atoms with Crippen molar-refractivity contribution in [3.8, 4) is 5.69 Å². The SMILES string of the molecule is ClCc1ncnn1-c1ccc(Cl)c(Cl)c1. The average molecular weight is 263 g/mol. The first-order chi connectivity index (χ1) is 7.22. The van der Waals surface area contributed by atoms with Crippen LogP contribution >= 0.6 is 34.8 Å². The fraction of sp³-hybridized carbons (Fsp3) is 0.111. The Morgan fingerprint density at radius 1 is 1.20 bits per heavy atom. The molecule has 0 saturated heterocycles. The van der Waals surface area contributed by atoms with Crippen molar-refractivity contribution >= 4 is 34.8 Å². The summed E-state index contributed by atoms with van der Waals surface area (Å²) >= 11 is 17.4. The van der Waals surface area contributed by atoms with Crippen LogP contribution in [0.3, 0.4) is 0 Å². The molecule has 0 unspecified atom stereocenters. The van der Waals surface area contributed by atoms with Crippen LogP contribution in [0.2, 0.25) is 10.0 Å². The van der Waals surface area contributed by atoms with Crippen LogP contribution in [0, 0.1) is 0 Å². The smallest absolute Gasteiger partial charge is 0.147 e. The predicted molar refractivity (Wildman–Crippen MR) is 60.9 cm³/mol. The van der Waals surface area contributed by atoms with Crippen molar-refractivity contribution < 1.29 is 0 Å². The minimum Gasteiger partial charge on any atom is -0.218 e. The molecule has 0 bridgehead atoms. The van der Waals surface area contributed by atoms with E-state index in [1.165, 1.54) is 6.33 Å². The molecule has 1 heterocycles. The van der Waals surface area contributed by atoms with Crippen molar-refractivity contribution in [2.45, 2.75) is 5.88 Å². The van der Waals surface area contributed by atoms with Crippen LogP contribution in [0.25, 0.3) is 5.69 Å². The van der Waals surface area contributed by atoms with Gasteiger partial charge in [0.05, 0.1) is 21.6 Å². The van der Waals surface area contributed by atoms with E-state index < -0.39 is 0 Å². The zero-order valence-corrected chi connectivity index (χ0v) is 9.76. The van der Waals surface area contributed by atoms with Gasteiger partial charge in [-0.3, -0.25) is 0 Å². The van der Waals surface area contributed by atoms with Crippen LogP contribution in [-0.4, -0.2) is 14.8 Å². The Morgan fingerprint density at radius 3 is 2.67 bits per heavy atom. The largest absolute Gasteiger partial charge is 0.218 e. The highest BCUT2D eigenvalue weighted by Crippen LogP contribution is 2.24. The maximum Gasteiger partial charge on any atom is 0.147 e. The highest BCUT2D eigenvalue weighted by Gasteiger charge is 2.06. The fourth-order valence-electron chi connectivity index (χ4n) is 1.19. The molecule has 2 aromatic rings. The molecule has 0 aliphatic heterocycles. The Kier molecular flexibility index (Phi) is 3.14. The third kappa shape index (κ3) is 2.09. The molecule has 78 valence electrons. The van der Waals surface area contributed by atoms with E-state index >= 15 is 0 Å². The topological polar surface area (TPSA) is 30.7 Å². The van der Waals surface area contributed by atoms with Gasteiger partial charge in [0.25, 0.3) is 0 Å². The molecular formula is C9H6Cl3N3. The number of alkyl halides is 1. The van der Waals surface area contributed by atoms with Crippen molar-refractivity contribution in [2.75, 3.05) is 0 Å². The van der Waals surface area contributed by atoms with Gasteiger partial charge in [-0.05, 0) is 18.2 Å². The van der Waals surface area contributed by atoms with Crippen LogP contribution < -0.4 is 0 Å². The molecule has 0 aliphatic rings. The highest BCUT2D eigenvalue weighted by molar-refractivity contribution is 6.42. The van der Waals surface area contributed by atoms with E-state index in [4.69, 9.17) is 34.8 Å². The second kappa shape index (κ2) is 4.39. The number of nitrogens with zero attached hydrogens (tertiary/aromatic N) is 3. The Labute approximate surface area is 102 Å². The summed E-state index contributed by atoms with van der Waals surface area (Å²) in [6.45, 7) is 0. The number of aromatic nitrogens is 3. The van der Waals surface area contributed by atoms with Gasteiger partial charge < -0.3 is 0 Å². The van der Waals surface area contributed by atoms with E-state index in [0.717, 1.165) is 5.69 Å². The van der Waals surface area contributed by atoms with Crippen LogP contribution in [0.4, 0.5) is 0 Å². The van der Waals surface area contributed by atoms with E-state index in [1.807, 2.05) is 0 Å². The van der Waals surface area contributed by atoms with E-state index in [-0.39, 0.29) is 0 Å². The summed E-state index contributed by atoms with van der Waals surface area (Å²) in [6, 6.07) is 5.23. The van der Waals surface area contributed by atoms with Gasteiger partial charge in [-0.2, -0.15) is 5.10 Å². The predicted octanol–water partition coefficient (Wildman–Crippen LogP) is 3.31. The molecule has 1 aromatic heterocycles. The maximum absolute atomic E-state index is 5.90. The van der Waals surface area contributed by atoms with Gasteiger partial charge in [0.1, 0.15) is 12.2 Å². The van der Waals surface area contributed by atoms with Crippen LogP contribution in [0.5, 0.6) is 0 Å². The standard InChI is InChI=1S/C9H6Cl3N3/c10-4-9-13-5-14-15(9)6-1-2-7(11)8(12)3-6/h1-3,5H,4H2. The molecule has 15 heavy (non-hydrogen) atoms. The molecule has 6 heteroatoms. The van der Waals surface area contributed by atoms with E-state index in [2.05, 4.69) is 10.1 Å². The van der Waals surface area contributed by atoms with Gasteiger partial charge in [0, 0.05) is 0 Å². The third-order valence-electron chi connectivity index (χ3n) is 1.89. The maximum atomic E-state index is 5.90. The molecule has 0 radical (unpaired) electrons. The molecule has 2 rings (SSSR count). The first-order valence-corrected chi connectivity index (χ1v) is 5.41. The molecule has 0 saturated carbocycles. The Bertz CT molecular complexity index is 481. The van der Waals surface area contributed by atoms with Crippen molar-refractivity contribution in [3.05, 3.63) is 40.4 Å². The zero-order chi connectivity index (χ0) is 10.8. The second-order valence-electron chi connectivity index (χ2n) is 2.82. The third-order valence-corrected chi connectivity index (χ3v) is 2.86. The molecule has 3 nitrogen and oxygen atoms in total. The van der Waals surface area contributed by atoms with Gasteiger partial charge in [-0.15, -0.1) is 11.6 Å². The normalized spacial score (nSPS) is 10.6. The van der Waals surface area contributed by atoms with Crippen molar-refractivity contribution in [2.24, 2.45) is 0 Å². The summed E-state index contributed by atoms with van der Waals surface area (Å²) in [5.41, 5.74) is 0.789. The summed E-state index contributed by atoms with van der Waals surface area (Å²) in [6.07, 6.45) is 1.44. The van der Waals surface area contributed by atoms with E-state index in [0.29, 0.717) is 21.7 Å². The minimum atomic E-state index is 0.292. The zero-order valence-electron chi connectivity index (χ0n) is 7.49.